The second-order valence-electron chi connectivity index (χ2n) is 6.32. The van der Waals surface area contributed by atoms with Gasteiger partial charge >= 0.3 is 12.3 Å². The zero-order valence-corrected chi connectivity index (χ0v) is 12.7. The van der Waals surface area contributed by atoms with E-state index in [4.69, 9.17) is 5.11 Å². The van der Waals surface area contributed by atoms with Gasteiger partial charge < -0.3 is 14.9 Å². The number of alkyl halides is 3. The van der Waals surface area contributed by atoms with Gasteiger partial charge in [0.05, 0.1) is 0 Å². The maximum absolute atomic E-state index is 12.8. The minimum atomic E-state index is -4.57. The monoisotopic (exact) mass is 343 g/mol. The van der Waals surface area contributed by atoms with Gasteiger partial charge in [-0.2, -0.15) is 13.2 Å². The first-order valence-electron chi connectivity index (χ1n) is 7.52. The molecule has 1 spiro atoms. The average Bonchev–Trinajstić information content (AvgIpc) is 2.83. The van der Waals surface area contributed by atoms with Gasteiger partial charge in [0.1, 0.15) is 5.69 Å². The number of carbonyl (C=O) groups excluding carboxylic acids is 1. The van der Waals surface area contributed by atoms with Crippen molar-refractivity contribution in [2.75, 3.05) is 24.5 Å². The molecule has 2 fully saturated rings. The molecule has 0 atom stereocenters. The molecule has 1 N–H and O–H groups in total. The van der Waals surface area contributed by atoms with Crippen molar-refractivity contribution in [3.8, 4) is 0 Å². The normalized spacial score (nSPS) is 20.7. The van der Waals surface area contributed by atoms with Gasteiger partial charge in [-0.1, -0.05) is 0 Å². The Bertz CT molecular complexity index is 669. The Morgan fingerprint density at radius 1 is 1.29 bits per heavy atom. The maximum Gasteiger partial charge on any atom is 0.433 e. The molecule has 1 aromatic rings. The van der Waals surface area contributed by atoms with Gasteiger partial charge in [-0.3, -0.25) is 9.78 Å². The minimum Gasteiger partial charge on any atom is -0.465 e. The summed E-state index contributed by atoms with van der Waals surface area (Å²) in [6.07, 6.45) is -3.23. The highest BCUT2D eigenvalue weighted by atomic mass is 19.4. The number of hydrogen-bond donors (Lipinski definition) is 1. The number of nitrogens with zero attached hydrogens (tertiary/aromatic N) is 3. The molecule has 130 valence electrons. The Kier molecular flexibility index (Phi) is 3.89. The van der Waals surface area contributed by atoms with Gasteiger partial charge in [-0.25, -0.2) is 4.79 Å². The molecule has 0 aliphatic carbocycles. The third kappa shape index (κ3) is 3.02. The quantitative estimate of drug-likeness (QED) is 0.851. The first-order chi connectivity index (χ1) is 11.2. The van der Waals surface area contributed by atoms with E-state index in [0.29, 0.717) is 32.5 Å². The van der Waals surface area contributed by atoms with Crippen LogP contribution in [0, 0.1) is 5.41 Å². The lowest BCUT2D eigenvalue weighted by molar-refractivity contribution is -0.141. The number of anilines is 1. The van der Waals surface area contributed by atoms with Crippen LogP contribution >= 0.6 is 0 Å². The second kappa shape index (κ2) is 5.64. The molecule has 0 unspecified atom stereocenters. The van der Waals surface area contributed by atoms with Crippen molar-refractivity contribution < 1.29 is 27.9 Å². The average molecular weight is 343 g/mol. The number of hydrogen-bond acceptors (Lipinski definition) is 3. The summed E-state index contributed by atoms with van der Waals surface area (Å²) in [5, 5.41) is 8.99. The van der Waals surface area contributed by atoms with E-state index in [1.54, 1.807) is 0 Å². The van der Waals surface area contributed by atoms with Crippen molar-refractivity contribution >= 4 is 17.7 Å². The standard InChI is InChI=1S/C15H16F3N3O3/c16-15(17,18)11-7-10(1-4-19-11)21-9-14(8-12(21)22)2-5-20(6-3-14)13(23)24/h1,4,7H,2-3,5-6,8-9H2,(H,23,24). The van der Waals surface area contributed by atoms with Crippen molar-refractivity contribution in [3.63, 3.8) is 0 Å². The lowest BCUT2D eigenvalue weighted by atomic mass is 9.78. The number of carbonyl (C=O) groups is 2. The van der Waals surface area contributed by atoms with Crippen LogP contribution in [0.5, 0.6) is 0 Å². The summed E-state index contributed by atoms with van der Waals surface area (Å²) in [5.41, 5.74) is -1.22. The number of rotatable bonds is 1. The predicted molar refractivity (Wildman–Crippen MR) is 77.5 cm³/mol. The van der Waals surface area contributed by atoms with E-state index in [1.165, 1.54) is 15.9 Å². The van der Waals surface area contributed by atoms with Crippen molar-refractivity contribution in [2.45, 2.75) is 25.4 Å². The molecule has 0 radical (unpaired) electrons. The highest BCUT2D eigenvalue weighted by molar-refractivity contribution is 5.96. The molecule has 2 aliphatic rings. The Hall–Kier alpha value is -2.32. The van der Waals surface area contributed by atoms with Gasteiger partial charge in [-0.15, -0.1) is 0 Å². The summed E-state index contributed by atoms with van der Waals surface area (Å²) in [5.74, 6) is -0.238. The van der Waals surface area contributed by atoms with Crippen molar-refractivity contribution in [2.24, 2.45) is 5.41 Å². The van der Waals surface area contributed by atoms with Crippen molar-refractivity contribution in [3.05, 3.63) is 24.0 Å². The van der Waals surface area contributed by atoms with E-state index in [1.807, 2.05) is 0 Å². The Morgan fingerprint density at radius 2 is 1.96 bits per heavy atom. The number of pyridine rings is 1. The van der Waals surface area contributed by atoms with Crippen LogP contribution < -0.4 is 4.90 Å². The molecule has 1 aromatic heterocycles. The van der Waals surface area contributed by atoms with Gasteiger partial charge in [0, 0.05) is 43.4 Å². The van der Waals surface area contributed by atoms with E-state index in [9.17, 15) is 22.8 Å². The number of carboxylic acid groups (broad SMARTS) is 1. The fourth-order valence-corrected chi connectivity index (χ4v) is 3.38. The molecule has 0 saturated carbocycles. The van der Waals surface area contributed by atoms with Crippen LogP contribution in [0.25, 0.3) is 0 Å². The van der Waals surface area contributed by atoms with Crippen LogP contribution in [0.1, 0.15) is 25.0 Å². The lowest BCUT2D eigenvalue weighted by Crippen LogP contribution is -2.43. The molecule has 9 heteroatoms. The molecule has 6 nitrogen and oxygen atoms in total. The van der Waals surface area contributed by atoms with Gasteiger partial charge in [-0.05, 0) is 25.0 Å². The van der Waals surface area contributed by atoms with Crippen LogP contribution in [-0.2, 0) is 11.0 Å². The summed E-state index contributed by atoms with van der Waals surface area (Å²) in [4.78, 5) is 29.3. The van der Waals surface area contributed by atoms with Crippen LogP contribution in [0.4, 0.5) is 23.7 Å². The van der Waals surface area contributed by atoms with Crippen LogP contribution in [0.3, 0.4) is 0 Å². The summed E-state index contributed by atoms with van der Waals surface area (Å²) in [6, 6.07) is 2.27. The molecular weight excluding hydrogens is 327 g/mol. The predicted octanol–water partition coefficient (Wildman–Crippen LogP) is 2.60. The molecule has 0 aromatic carbocycles. The number of aromatic nitrogens is 1. The molecule has 0 bridgehead atoms. The first-order valence-corrected chi connectivity index (χ1v) is 7.52. The van der Waals surface area contributed by atoms with E-state index >= 15 is 0 Å². The summed E-state index contributed by atoms with van der Waals surface area (Å²) < 4.78 is 38.4. The topological polar surface area (TPSA) is 73.7 Å². The minimum absolute atomic E-state index is 0.180. The van der Waals surface area contributed by atoms with Crippen molar-refractivity contribution in [1.29, 1.82) is 0 Å². The zero-order chi connectivity index (χ0) is 17.5. The molecule has 3 heterocycles. The molecule has 2 saturated heterocycles. The first kappa shape index (κ1) is 16.5. The van der Waals surface area contributed by atoms with Gasteiger partial charge in [0.2, 0.25) is 5.91 Å². The molecular formula is C15H16F3N3O3. The highest BCUT2D eigenvalue weighted by Gasteiger charge is 2.46. The van der Waals surface area contributed by atoms with Gasteiger partial charge in [0.15, 0.2) is 0 Å². The number of piperidine rings is 1. The smallest absolute Gasteiger partial charge is 0.433 e. The van der Waals surface area contributed by atoms with E-state index < -0.39 is 18.0 Å². The Morgan fingerprint density at radius 3 is 2.54 bits per heavy atom. The SMILES string of the molecule is O=C(O)N1CCC2(CC1)CC(=O)N(c1ccnc(C(F)(F)F)c1)C2. The Labute approximate surface area is 135 Å². The highest BCUT2D eigenvalue weighted by Crippen LogP contribution is 2.43. The molecule has 3 rings (SSSR count). The van der Waals surface area contributed by atoms with Crippen LogP contribution in [-0.4, -0.2) is 46.6 Å². The Balaban J connectivity index is 1.78. The maximum atomic E-state index is 12.8. The van der Waals surface area contributed by atoms with E-state index in [2.05, 4.69) is 4.98 Å². The second-order valence-corrected chi connectivity index (χ2v) is 6.32. The fraction of sp³-hybridized carbons (Fsp3) is 0.533. The summed E-state index contributed by atoms with van der Waals surface area (Å²) in [6.45, 7) is 0.974. The van der Waals surface area contributed by atoms with E-state index in [-0.39, 0.29) is 23.4 Å². The van der Waals surface area contributed by atoms with Crippen molar-refractivity contribution in [1.82, 2.24) is 9.88 Å². The van der Waals surface area contributed by atoms with Crippen LogP contribution in [0.15, 0.2) is 18.3 Å². The number of likely N-dealkylation sites (tertiary alicyclic amines) is 1. The number of halogens is 3. The van der Waals surface area contributed by atoms with E-state index in [0.717, 1.165) is 12.3 Å². The number of amides is 2. The lowest BCUT2D eigenvalue weighted by Gasteiger charge is -2.37. The zero-order valence-electron chi connectivity index (χ0n) is 12.7. The third-order valence-electron chi connectivity index (χ3n) is 4.76. The molecule has 2 amide bonds. The largest absolute Gasteiger partial charge is 0.465 e. The fourth-order valence-electron chi connectivity index (χ4n) is 3.38. The van der Waals surface area contributed by atoms with Crippen LogP contribution in [0.2, 0.25) is 0 Å². The third-order valence-corrected chi connectivity index (χ3v) is 4.76. The summed E-state index contributed by atoms with van der Waals surface area (Å²) in [7, 11) is 0. The molecule has 24 heavy (non-hydrogen) atoms. The van der Waals surface area contributed by atoms with Gasteiger partial charge in [0.25, 0.3) is 0 Å². The molecule has 2 aliphatic heterocycles. The summed E-state index contributed by atoms with van der Waals surface area (Å²) >= 11 is 0.